The number of carbonyl (C=O) groups is 2. The number of amides is 2. The Morgan fingerprint density at radius 2 is 1.60 bits per heavy atom. The van der Waals surface area contributed by atoms with Crippen LogP contribution in [0.2, 0.25) is 0 Å². The molecule has 0 bridgehead atoms. The molecule has 0 saturated heterocycles. The van der Waals surface area contributed by atoms with E-state index in [4.69, 9.17) is 0 Å². The van der Waals surface area contributed by atoms with Crippen LogP contribution in [0.25, 0.3) is 11.1 Å². The van der Waals surface area contributed by atoms with E-state index >= 15 is 0 Å². The zero-order valence-electron chi connectivity index (χ0n) is 20.7. The molecule has 2 amide bonds. The fourth-order valence-electron chi connectivity index (χ4n) is 5.14. The van der Waals surface area contributed by atoms with Crippen LogP contribution in [-0.2, 0) is 17.6 Å². The molecular formula is C31H34N2O2. The standard InChI is InChI=1S/C31H34N2O2/c1-3-22-11-13-23(14-12-22)24-15-17-26(18-16-24)30(35)33(31(2)19-20-31)21-29(34)32-28-10-6-8-25-7-4-5-9-27(25)28/h4-5,7,9,11-18,28H,3,6,8,10,19-21H2,1-2H3,(H,32,34). The molecule has 2 aliphatic carbocycles. The molecule has 1 fully saturated rings. The summed E-state index contributed by atoms with van der Waals surface area (Å²) in [5.41, 5.74) is 6.45. The maximum absolute atomic E-state index is 13.5. The van der Waals surface area contributed by atoms with Gasteiger partial charge >= 0.3 is 0 Å². The van der Waals surface area contributed by atoms with Gasteiger partial charge in [0, 0.05) is 11.1 Å². The van der Waals surface area contributed by atoms with Crippen LogP contribution in [0.1, 0.15) is 72.6 Å². The number of aryl methyl sites for hydroxylation is 2. The van der Waals surface area contributed by atoms with Crippen molar-refractivity contribution in [3.05, 3.63) is 95.1 Å². The number of carbonyl (C=O) groups excluding carboxylic acids is 2. The van der Waals surface area contributed by atoms with Crippen molar-refractivity contribution in [1.82, 2.24) is 10.2 Å². The molecule has 0 radical (unpaired) electrons. The lowest BCUT2D eigenvalue weighted by molar-refractivity contribution is -0.123. The van der Waals surface area contributed by atoms with Crippen LogP contribution in [0.15, 0.2) is 72.8 Å². The van der Waals surface area contributed by atoms with Gasteiger partial charge in [-0.3, -0.25) is 9.59 Å². The van der Waals surface area contributed by atoms with Crippen molar-refractivity contribution in [3.63, 3.8) is 0 Å². The highest BCUT2D eigenvalue weighted by Crippen LogP contribution is 2.42. The normalized spacial score (nSPS) is 17.8. The quantitative estimate of drug-likeness (QED) is 0.457. The molecule has 4 nitrogen and oxygen atoms in total. The predicted molar refractivity (Wildman–Crippen MR) is 140 cm³/mol. The molecule has 1 atom stereocenters. The fourth-order valence-corrected chi connectivity index (χ4v) is 5.14. The first-order valence-corrected chi connectivity index (χ1v) is 12.9. The van der Waals surface area contributed by atoms with Crippen LogP contribution in [-0.4, -0.2) is 28.8 Å². The highest BCUT2D eigenvalue weighted by Gasteiger charge is 2.46. The lowest BCUT2D eigenvalue weighted by atomic mass is 9.88. The van der Waals surface area contributed by atoms with E-state index in [2.05, 4.69) is 61.6 Å². The van der Waals surface area contributed by atoms with Crippen molar-refractivity contribution >= 4 is 11.8 Å². The zero-order chi connectivity index (χ0) is 24.4. The second kappa shape index (κ2) is 9.69. The molecule has 0 spiro atoms. The Morgan fingerprint density at radius 3 is 2.26 bits per heavy atom. The van der Waals surface area contributed by atoms with Gasteiger partial charge in [0.05, 0.1) is 6.04 Å². The molecule has 0 aromatic heterocycles. The highest BCUT2D eigenvalue weighted by molar-refractivity contribution is 5.97. The Labute approximate surface area is 208 Å². The molecule has 180 valence electrons. The number of benzene rings is 3. The first kappa shape index (κ1) is 23.3. The minimum absolute atomic E-state index is 0.0230. The third-order valence-electron chi connectivity index (χ3n) is 7.70. The summed E-state index contributed by atoms with van der Waals surface area (Å²) in [6.07, 6.45) is 5.94. The van der Waals surface area contributed by atoms with E-state index in [1.54, 1.807) is 4.90 Å². The molecule has 5 rings (SSSR count). The Morgan fingerprint density at radius 1 is 0.943 bits per heavy atom. The molecule has 0 aliphatic heterocycles. The van der Waals surface area contributed by atoms with Gasteiger partial charge in [0.2, 0.25) is 5.91 Å². The first-order valence-electron chi connectivity index (χ1n) is 12.9. The van der Waals surface area contributed by atoms with Crippen LogP contribution in [0, 0.1) is 0 Å². The summed E-state index contributed by atoms with van der Waals surface area (Å²) in [6, 6.07) is 24.7. The number of rotatable bonds is 7. The smallest absolute Gasteiger partial charge is 0.254 e. The van der Waals surface area contributed by atoms with E-state index in [9.17, 15) is 9.59 Å². The number of hydrogen-bond donors (Lipinski definition) is 1. The lowest BCUT2D eigenvalue weighted by Gasteiger charge is -2.31. The fraction of sp³-hybridized carbons (Fsp3) is 0.355. The molecule has 1 N–H and O–H groups in total. The van der Waals surface area contributed by atoms with Gasteiger partial charge in [-0.25, -0.2) is 0 Å². The molecule has 2 aliphatic rings. The van der Waals surface area contributed by atoms with Gasteiger partial charge in [-0.2, -0.15) is 0 Å². The van der Waals surface area contributed by atoms with Gasteiger partial charge in [-0.05, 0) is 85.4 Å². The maximum atomic E-state index is 13.5. The SMILES string of the molecule is CCc1ccc(-c2ccc(C(=O)N(CC(=O)NC3CCCc4ccccc43)C3(C)CC3)cc2)cc1. The minimum Gasteiger partial charge on any atom is -0.348 e. The summed E-state index contributed by atoms with van der Waals surface area (Å²) < 4.78 is 0. The molecule has 0 heterocycles. The third-order valence-corrected chi connectivity index (χ3v) is 7.70. The largest absolute Gasteiger partial charge is 0.348 e. The van der Waals surface area contributed by atoms with E-state index in [-0.39, 0.29) is 29.9 Å². The highest BCUT2D eigenvalue weighted by atomic mass is 16.2. The summed E-state index contributed by atoms with van der Waals surface area (Å²) >= 11 is 0. The second-order valence-electron chi connectivity index (χ2n) is 10.2. The van der Waals surface area contributed by atoms with Crippen molar-refractivity contribution < 1.29 is 9.59 Å². The van der Waals surface area contributed by atoms with Gasteiger partial charge in [-0.1, -0.05) is 67.6 Å². The van der Waals surface area contributed by atoms with Crippen molar-refractivity contribution in [2.45, 2.75) is 64.0 Å². The van der Waals surface area contributed by atoms with Crippen LogP contribution in [0.5, 0.6) is 0 Å². The van der Waals surface area contributed by atoms with Crippen molar-refractivity contribution in [2.24, 2.45) is 0 Å². The van der Waals surface area contributed by atoms with Crippen molar-refractivity contribution in [1.29, 1.82) is 0 Å². The van der Waals surface area contributed by atoms with E-state index in [1.807, 2.05) is 30.3 Å². The Balaban J connectivity index is 1.29. The molecule has 3 aromatic rings. The third kappa shape index (κ3) is 5.02. The van der Waals surface area contributed by atoms with Crippen molar-refractivity contribution in [2.75, 3.05) is 6.54 Å². The molecular weight excluding hydrogens is 432 g/mol. The maximum Gasteiger partial charge on any atom is 0.254 e. The van der Waals surface area contributed by atoms with Gasteiger partial charge in [0.1, 0.15) is 6.54 Å². The Bertz CT molecular complexity index is 1210. The predicted octanol–water partition coefficient (Wildman–Crippen LogP) is 6.10. The Hall–Kier alpha value is -3.40. The Kier molecular flexibility index (Phi) is 6.46. The van der Waals surface area contributed by atoms with Crippen LogP contribution < -0.4 is 5.32 Å². The minimum atomic E-state index is -0.243. The summed E-state index contributed by atoms with van der Waals surface area (Å²) in [5.74, 6) is -0.155. The van der Waals surface area contributed by atoms with E-state index in [0.29, 0.717) is 5.56 Å². The number of hydrogen-bond acceptors (Lipinski definition) is 2. The second-order valence-corrected chi connectivity index (χ2v) is 10.2. The van der Waals surface area contributed by atoms with Crippen LogP contribution in [0.4, 0.5) is 0 Å². The number of nitrogens with one attached hydrogen (secondary N) is 1. The summed E-state index contributed by atoms with van der Waals surface area (Å²) in [5, 5.41) is 3.22. The molecule has 1 saturated carbocycles. The molecule has 1 unspecified atom stereocenters. The van der Waals surface area contributed by atoms with Gasteiger partial charge in [0.25, 0.3) is 5.91 Å². The monoisotopic (exact) mass is 466 g/mol. The van der Waals surface area contributed by atoms with Crippen LogP contribution >= 0.6 is 0 Å². The first-order chi connectivity index (χ1) is 17.0. The van der Waals surface area contributed by atoms with Gasteiger partial charge < -0.3 is 10.2 Å². The number of nitrogens with zero attached hydrogens (tertiary/aromatic N) is 1. The lowest BCUT2D eigenvalue weighted by Crippen LogP contribution is -2.47. The number of fused-ring (bicyclic) bond motifs is 1. The van der Waals surface area contributed by atoms with E-state index < -0.39 is 0 Å². The van der Waals surface area contributed by atoms with E-state index in [0.717, 1.165) is 49.7 Å². The molecule has 4 heteroatoms. The topological polar surface area (TPSA) is 49.4 Å². The van der Waals surface area contributed by atoms with Crippen LogP contribution in [0.3, 0.4) is 0 Å². The molecule has 3 aromatic carbocycles. The summed E-state index contributed by atoms with van der Waals surface area (Å²) in [6.45, 7) is 4.32. The average Bonchev–Trinajstić information content (AvgIpc) is 3.65. The summed E-state index contributed by atoms with van der Waals surface area (Å²) in [7, 11) is 0. The van der Waals surface area contributed by atoms with Gasteiger partial charge in [0.15, 0.2) is 0 Å². The molecule has 35 heavy (non-hydrogen) atoms. The van der Waals surface area contributed by atoms with E-state index in [1.165, 1.54) is 16.7 Å². The summed E-state index contributed by atoms with van der Waals surface area (Å²) in [4.78, 5) is 28.4. The van der Waals surface area contributed by atoms with Crippen molar-refractivity contribution in [3.8, 4) is 11.1 Å². The zero-order valence-corrected chi connectivity index (χ0v) is 20.7. The van der Waals surface area contributed by atoms with Gasteiger partial charge in [-0.15, -0.1) is 0 Å². The average molecular weight is 467 g/mol.